The second-order valence-corrected chi connectivity index (χ2v) is 7.49. The van der Waals surface area contributed by atoms with E-state index >= 15 is 0 Å². The van der Waals surface area contributed by atoms with Crippen molar-refractivity contribution in [1.29, 1.82) is 0 Å². The summed E-state index contributed by atoms with van der Waals surface area (Å²) in [4.78, 5) is 0. The second kappa shape index (κ2) is 5.74. The van der Waals surface area contributed by atoms with Crippen LogP contribution in [0.15, 0.2) is 49.3 Å². The number of fused-ring (bicyclic) bond motifs is 3. The zero-order chi connectivity index (χ0) is 18.6. The standard InChI is InChI=1S/C21H21FN4O/c1-13-12-27-20-4-3-15(22)9-18(20)21(6-7-21)25-16-5-8-26-19(10-16)17(11-23-26)14(2)24-13/h3-5,8-11,13,24-25H,2,6-7,12H2,1H3/t13-/m1/s1. The number of rotatable bonds is 0. The number of ether oxygens (including phenoxy) is 1. The minimum Gasteiger partial charge on any atom is -0.491 e. The molecular formula is C21H21FN4O. The van der Waals surface area contributed by atoms with Gasteiger partial charge in [-0.2, -0.15) is 5.10 Å². The third kappa shape index (κ3) is 2.72. The highest BCUT2D eigenvalue weighted by Gasteiger charge is 2.46. The summed E-state index contributed by atoms with van der Waals surface area (Å²) in [6, 6.07) is 8.87. The summed E-state index contributed by atoms with van der Waals surface area (Å²) in [7, 11) is 0. The number of hydrogen-bond acceptors (Lipinski definition) is 4. The van der Waals surface area contributed by atoms with E-state index < -0.39 is 0 Å². The van der Waals surface area contributed by atoms with Crippen LogP contribution in [0.5, 0.6) is 5.75 Å². The molecule has 0 amide bonds. The molecule has 0 radical (unpaired) electrons. The molecule has 2 aliphatic rings. The molecule has 1 aliphatic heterocycles. The fourth-order valence-electron chi connectivity index (χ4n) is 3.79. The average Bonchev–Trinajstić information content (AvgIpc) is 3.29. The smallest absolute Gasteiger partial charge is 0.125 e. The molecule has 2 aromatic heterocycles. The molecule has 3 aromatic rings. The van der Waals surface area contributed by atoms with E-state index in [-0.39, 0.29) is 17.4 Å². The van der Waals surface area contributed by atoms with E-state index in [1.807, 2.05) is 29.9 Å². The molecule has 1 aromatic carbocycles. The van der Waals surface area contributed by atoms with Crippen LogP contribution in [0.25, 0.3) is 11.2 Å². The quantitative estimate of drug-likeness (QED) is 0.635. The monoisotopic (exact) mass is 364 g/mol. The minimum atomic E-state index is -0.294. The van der Waals surface area contributed by atoms with Gasteiger partial charge in [0, 0.05) is 28.7 Å². The molecule has 5 nitrogen and oxygen atoms in total. The first-order valence-corrected chi connectivity index (χ1v) is 9.18. The van der Waals surface area contributed by atoms with Crippen LogP contribution in [0, 0.1) is 5.82 Å². The number of nitrogens with one attached hydrogen (secondary N) is 2. The highest BCUT2D eigenvalue weighted by Crippen LogP contribution is 2.51. The van der Waals surface area contributed by atoms with Gasteiger partial charge in [0.15, 0.2) is 0 Å². The first-order valence-electron chi connectivity index (χ1n) is 9.18. The molecule has 3 heterocycles. The van der Waals surface area contributed by atoms with Gasteiger partial charge in [0.1, 0.15) is 18.2 Å². The highest BCUT2D eigenvalue weighted by atomic mass is 19.1. The van der Waals surface area contributed by atoms with E-state index in [4.69, 9.17) is 4.74 Å². The lowest BCUT2D eigenvalue weighted by molar-refractivity contribution is 0.280. The van der Waals surface area contributed by atoms with Crippen molar-refractivity contribution in [3.63, 3.8) is 0 Å². The Morgan fingerprint density at radius 2 is 2.15 bits per heavy atom. The number of nitrogens with zero attached hydrogens (tertiary/aromatic N) is 2. The van der Waals surface area contributed by atoms with Crippen molar-refractivity contribution in [1.82, 2.24) is 14.9 Å². The van der Waals surface area contributed by atoms with Gasteiger partial charge in [-0.25, -0.2) is 8.91 Å². The predicted octanol–water partition coefficient (Wildman–Crippen LogP) is 3.92. The molecule has 2 N–H and O–H groups in total. The SMILES string of the molecule is C=C1N[C@H](C)COc2ccc(F)cc2C2(CC2)Nc2ccn3ncc1c3c2. The fraction of sp³-hybridized carbons (Fsp3) is 0.286. The van der Waals surface area contributed by atoms with Crippen LogP contribution >= 0.6 is 0 Å². The molecule has 27 heavy (non-hydrogen) atoms. The zero-order valence-electron chi connectivity index (χ0n) is 15.1. The van der Waals surface area contributed by atoms with Crippen molar-refractivity contribution in [2.24, 2.45) is 0 Å². The summed E-state index contributed by atoms with van der Waals surface area (Å²) in [5.74, 6) is 0.479. The number of benzene rings is 1. The van der Waals surface area contributed by atoms with E-state index in [1.165, 1.54) is 6.07 Å². The summed E-state index contributed by atoms with van der Waals surface area (Å²) in [5.41, 5.74) is 4.28. The first-order chi connectivity index (χ1) is 13.0. The lowest BCUT2D eigenvalue weighted by atomic mass is 10.0. The Kier molecular flexibility index (Phi) is 3.44. The van der Waals surface area contributed by atoms with Gasteiger partial charge in [-0.15, -0.1) is 0 Å². The van der Waals surface area contributed by atoms with Crippen molar-refractivity contribution in [2.45, 2.75) is 31.3 Å². The van der Waals surface area contributed by atoms with Crippen LogP contribution in [0.2, 0.25) is 0 Å². The van der Waals surface area contributed by atoms with Crippen LogP contribution in [0.3, 0.4) is 0 Å². The third-order valence-electron chi connectivity index (χ3n) is 5.35. The molecule has 138 valence electrons. The van der Waals surface area contributed by atoms with E-state index in [9.17, 15) is 4.39 Å². The summed E-state index contributed by atoms with van der Waals surface area (Å²) in [5, 5.41) is 11.4. The van der Waals surface area contributed by atoms with E-state index in [2.05, 4.69) is 28.4 Å². The van der Waals surface area contributed by atoms with Crippen LogP contribution in [0.4, 0.5) is 10.1 Å². The van der Waals surface area contributed by atoms with Crippen LogP contribution < -0.4 is 15.4 Å². The van der Waals surface area contributed by atoms with Crippen molar-refractivity contribution < 1.29 is 9.13 Å². The van der Waals surface area contributed by atoms with Gasteiger partial charge in [0.2, 0.25) is 0 Å². The van der Waals surface area contributed by atoms with Crippen molar-refractivity contribution in [3.05, 3.63) is 66.2 Å². The topological polar surface area (TPSA) is 50.6 Å². The Bertz CT molecular complexity index is 1050. The van der Waals surface area contributed by atoms with Crippen LogP contribution in [-0.2, 0) is 5.54 Å². The fourth-order valence-corrected chi connectivity index (χ4v) is 3.79. The average molecular weight is 364 g/mol. The maximum absolute atomic E-state index is 14.0. The summed E-state index contributed by atoms with van der Waals surface area (Å²) < 4.78 is 21.9. The van der Waals surface area contributed by atoms with Gasteiger partial charge in [-0.1, -0.05) is 6.58 Å². The van der Waals surface area contributed by atoms with Crippen LogP contribution in [-0.4, -0.2) is 22.3 Å². The summed E-state index contributed by atoms with van der Waals surface area (Å²) in [6.45, 7) is 6.67. The Labute approximate surface area is 156 Å². The molecule has 1 fully saturated rings. The normalized spacial score (nSPS) is 20.7. The largest absolute Gasteiger partial charge is 0.491 e. The van der Waals surface area contributed by atoms with Gasteiger partial charge < -0.3 is 15.4 Å². The Hall–Kier alpha value is -3.02. The maximum Gasteiger partial charge on any atom is 0.125 e. The second-order valence-electron chi connectivity index (χ2n) is 7.49. The minimum absolute atomic E-state index is 0.0393. The highest BCUT2D eigenvalue weighted by molar-refractivity contribution is 5.78. The first kappa shape index (κ1) is 16.2. The molecule has 0 saturated heterocycles. The van der Waals surface area contributed by atoms with Gasteiger partial charge in [-0.05, 0) is 50.1 Å². The maximum atomic E-state index is 14.0. The van der Waals surface area contributed by atoms with Crippen LogP contribution in [0.1, 0.15) is 30.9 Å². The summed E-state index contributed by atoms with van der Waals surface area (Å²) in [6.07, 6.45) is 5.62. The molecular weight excluding hydrogens is 343 g/mol. The lowest BCUT2D eigenvalue weighted by Crippen LogP contribution is -2.30. The van der Waals surface area contributed by atoms with Gasteiger partial charge in [0.05, 0.1) is 23.3 Å². The zero-order valence-corrected chi connectivity index (χ0v) is 15.1. The predicted molar refractivity (Wildman–Crippen MR) is 103 cm³/mol. The van der Waals surface area contributed by atoms with Crippen molar-refractivity contribution in [3.8, 4) is 5.75 Å². The number of hydrogen-bond donors (Lipinski definition) is 2. The number of aromatic nitrogens is 2. The molecule has 1 atom stereocenters. The summed E-state index contributed by atoms with van der Waals surface area (Å²) >= 11 is 0. The molecule has 1 spiro atoms. The van der Waals surface area contributed by atoms with Gasteiger partial charge >= 0.3 is 0 Å². The van der Waals surface area contributed by atoms with E-state index in [1.54, 1.807) is 12.1 Å². The van der Waals surface area contributed by atoms with Gasteiger partial charge in [0.25, 0.3) is 0 Å². The van der Waals surface area contributed by atoms with Gasteiger partial charge in [-0.3, -0.25) is 0 Å². The van der Waals surface area contributed by atoms with Crippen molar-refractivity contribution >= 4 is 16.9 Å². The number of pyridine rings is 1. The molecule has 6 heteroatoms. The Morgan fingerprint density at radius 3 is 2.96 bits per heavy atom. The van der Waals surface area contributed by atoms with Crippen molar-refractivity contribution in [2.75, 3.05) is 11.9 Å². The molecule has 0 unspecified atom stereocenters. The number of anilines is 1. The Balaban J connectivity index is 1.66. The molecule has 5 rings (SSSR count). The molecule has 2 bridgehead atoms. The molecule has 1 saturated carbocycles. The molecule has 1 aliphatic carbocycles. The lowest BCUT2D eigenvalue weighted by Gasteiger charge is -2.23. The third-order valence-corrected chi connectivity index (χ3v) is 5.35. The van der Waals surface area contributed by atoms with E-state index in [0.29, 0.717) is 6.61 Å². The Morgan fingerprint density at radius 1 is 1.30 bits per heavy atom. The van der Waals surface area contributed by atoms with E-state index in [0.717, 1.165) is 46.6 Å². The number of halogens is 1.